The van der Waals surface area contributed by atoms with E-state index in [2.05, 4.69) is 15.8 Å². The Morgan fingerprint density at radius 1 is 1.07 bits per heavy atom. The number of hydrogen-bond acceptors (Lipinski definition) is 6. The lowest BCUT2D eigenvalue weighted by molar-refractivity contribution is -0.139. The molecule has 5 N–H and O–H groups in total. The van der Waals surface area contributed by atoms with Crippen molar-refractivity contribution in [3.05, 3.63) is 29.3 Å². The molecule has 150 valence electrons. The highest BCUT2D eigenvalue weighted by molar-refractivity contribution is 6.34. The van der Waals surface area contributed by atoms with Gasteiger partial charge in [-0.2, -0.15) is 5.10 Å². The van der Waals surface area contributed by atoms with Gasteiger partial charge in [-0.05, 0) is 56.4 Å². The van der Waals surface area contributed by atoms with Crippen LogP contribution in [-0.4, -0.2) is 29.2 Å². The lowest BCUT2D eigenvalue weighted by Crippen LogP contribution is -2.41. The van der Waals surface area contributed by atoms with Crippen LogP contribution in [0.15, 0.2) is 23.3 Å². The summed E-state index contributed by atoms with van der Waals surface area (Å²) in [6, 6.07) is 5.75. The van der Waals surface area contributed by atoms with E-state index in [1.807, 2.05) is 32.0 Å². The van der Waals surface area contributed by atoms with E-state index in [1.165, 1.54) is 0 Å². The average molecular weight is 387 g/mol. The zero-order chi connectivity index (χ0) is 20.7. The molecule has 1 fully saturated rings. The van der Waals surface area contributed by atoms with E-state index in [4.69, 9.17) is 5.84 Å². The SMILES string of the molecule is Cc1cc(C)cc(NC(=O)CCC(=O)C2CCC/C2=N\NC(=O)C(=O)NN)c1. The molecular formula is C19H25N5O4. The second-order valence-electron chi connectivity index (χ2n) is 6.85. The number of Topliss-reactive ketones (excluding diaryl/α,β-unsaturated/α-hetero) is 1. The Kier molecular flexibility index (Phi) is 7.39. The smallest absolute Gasteiger partial charge is 0.326 e. The predicted molar refractivity (Wildman–Crippen MR) is 104 cm³/mol. The summed E-state index contributed by atoms with van der Waals surface area (Å²) in [6.07, 6.45) is 2.06. The molecule has 0 saturated heterocycles. The van der Waals surface area contributed by atoms with E-state index in [0.717, 1.165) is 17.5 Å². The number of rotatable bonds is 6. The van der Waals surface area contributed by atoms with Gasteiger partial charge in [0.1, 0.15) is 5.78 Å². The minimum atomic E-state index is -1.02. The van der Waals surface area contributed by atoms with Crippen molar-refractivity contribution in [3.63, 3.8) is 0 Å². The maximum atomic E-state index is 12.5. The number of hydrazine groups is 1. The van der Waals surface area contributed by atoms with Crippen molar-refractivity contribution in [2.75, 3.05) is 5.32 Å². The van der Waals surface area contributed by atoms with Gasteiger partial charge in [-0.25, -0.2) is 11.3 Å². The zero-order valence-corrected chi connectivity index (χ0v) is 16.0. The molecule has 9 nitrogen and oxygen atoms in total. The van der Waals surface area contributed by atoms with E-state index in [0.29, 0.717) is 24.2 Å². The fourth-order valence-electron chi connectivity index (χ4n) is 3.23. The van der Waals surface area contributed by atoms with Gasteiger partial charge in [0.25, 0.3) is 0 Å². The Bertz CT molecular complexity index is 798. The number of aryl methyl sites for hydroxylation is 2. The third-order valence-corrected chi connectivity index (χ3v) is 4.46. The molecule has 1 unspecified atom stereocenters. The molecule has 2 rings (SSSR count). The molecule has 9 heteroatoms. The van der Waals surface area contributed by atoms with Crippen molar-refractivity contribution in [2.24, 2.45) is 16.9 Å². The molecule has 0 aliphatic heterocycles. The molecular weight excluding hydrogens is 362 g/mol. The second kappa shape index (κ2) is 9.75. The van der Waals surface area contributed by atoms with E-state index in [1.54, 1.807) is 5.43 Å². The fourth-order valence-corrected chi connectivity index (χ4v) is 3.23. The largest absolute Gasteiger partial charge is 0.330 e. The van der Waals surface area contributed by atoms with Crippen LogP contribution < -0.4 is 22.0 Å². The number of amides is 3. The third kappa shape index (κ3) is 5.98. The fraction of sp³-hybridized carbons (Fsp3) is 0.421. The van der Waals surface area contributed by atoms with E-state index >= 15 is 0 Å². The minimum absolute atomic E-state index is 0.0670. The monoisotopic (exact) mass is 387 g/mol. The van der Waals surface area contributed by atoms with Crippen LogP contribution in [0.3, 0.4) is 0 Å². The van der Waals surface area contributed by atoms with E-state index in [-0.39, 0.29) is 24.5 Å². The van der Waals surface area contributed by atoms with Crippen LogP contribution in [0.2, 0.25) is 0 Å². The number of nitrogens with zero attached hydrogens (tertiary/aromatic N) is 1. The molecule has 1 atom stereocenters. The van der Waals surface area contributed by atoms with Gasteiger partial charge >= 0.3 is 11.8 Å². The number of nitrogens with two attached hydrogens (primary N) is 1. The maximum Gasteiger partial charge on any atom is 0.330 e. The number of hydrogen-bond donors (Lipinski definition) is 4. The third-order valence-electron chi connectivity index (χ3n) is 4.46. The van der Waals surface area contributed by atoms with Crippen molar-refractivity contribution < 1.29 is 19.2 Å². The molecule has 28 heavy (non-hydrogen) atoms. The maximum absolute atomic E-state index is 12.5. The Morgan fingerprint density at radius 3 is 2.39 bits per heavy atom. The van der Waals surface area contributed by atoms with E-state index in [9.17, 15) is 19.2 Å². The highest BCUT2D eigenvalue weighted by atomic mass is 16.2. The quantitative estimate of drug-likeness (QED) is 0.248. The van der Waals surface area contributed by atoms with Gasteiger partial charge in [-0.1, -0.05) is 6.07 Å². The van der Waals surface area contributed by atoms with Gasteiger partial charge in [0.05, 0.1) is 5.92 Å². The van der Waals surface area contributed by atoms with Crippen molar-refractivity contribution in [1.82, 2.24) is 10.9 Å². The first-order chi connectivity index (χ1) is 13.3. The summed E-state index contributed by atoms with van der Waals surface area (Å²) >= 11 is 0. The number of anilines is 1. The van der Waals surface area contributed by atoms with Crippen LogP contribution >= 0.6 is 0 Å². The highest BCUT2D eigenvalue weighted by Crippen LogP contribution is 2.25. The molecule has 0 heterocycles. The van der Waals surface area contributed by atoms with E-state index < -0.39 is 17.7 Å². The summed E-state index contributed by atoms with van der Waals surface area (Å²) in [7, 11) is 0. The van der Waals surface area contributed by atoms with Crippen molar-refractivity contribution in [2.45, 2.75) is 46.0 Å². The number of ketones is 1. The molecule has 1 aromatic carbocycles. The van der Waals surface area contributed by atoms with Gasteiger partial charge in [-0.15, -0.1) is 0 Å². The lowest BCUT2D eigenvalue weighted by atomic mass is 9.97. The summed E-state index contributed by atoms with van der Waals surface area (Å²) in [4.78, 5) is 47.1. The number of benzene rings is 1. The summed E-state index contributed by atoms with van der Waals surface area (Å²) < 4.78 is 0. The Balaban J connectivity index is 1.88. The van der Waals surface area contributed by atoms with Crippen molar-refractivity contribution >= 4 is 34.9 Å². The number of hydrazone groups is 1. The summed E-state index contributed by atoms with van der Waals surface area (Å²) in [5, 5.41) is 6.69. The molecule has 1 saturated carbocycles. The van der Waals surface area contributed by atoms with Gasteiger partial charge in [-0.3, -0.25) is 24.6 Å². The normalized spacial score (nSPS) is 17.2. The molecule has 0 spiro atoms. The lowest BCUT2D eigenvalue weighted by Gasteiger charge is -2.11. The summed E-state index contributed by atoms with van der Waals surface area (Å²) in [5.74, 6) is 2.06. The number of carbonyl (C=O) groups excluding carboxylic acids is 4. The van der Waals surface area contributed by atoms with Gasteiger partial charge in [0.15, 0.2) is 0 Å². The minimum Gasteiger partial charge on any atom is -0.326 e. The molecule has 0 radical (unpaired) electrons. The van der Waals surface area contributed by atoms with Crippen LogP contribution in [0.1, 0.15) is 43.2 Å². The molecule has 1 aromatic rings. The first-order valence-electron chi connectivity index (χ1n) is 9.08. The molecule has 0 aromatic heterocycles. The number of carbonyl (C=O) groups is 4. The topological polar surface area (TPSA) is 143 Å². The van der Waals surface area contributed by atoms with Gasteiger partial charge < -0.3 is 5.32 Å². The van der Waals surface area contributed by atoms with Crippen LogP contribution in [0, 0.1) is 19.8 Å². The highest BCUT2D eigenvalue weighted by Gasteiger charge is 2.29. The first kappa shape index (κ1) is 21.2. The van der Waals surface area contributed by atoms with Crippen LogP contribution in [-0.2, 0) is 19.2 Å². The predicted octanol–water partition coefficient (Wildman–Crippen LogP) is 0.853. The average Bonchev–Trinajstić information content (AvgIpc) is 3.11. The van der Waals surface area contributed by atoms with Crippen LogP contribution in [0.25, 0.3) is 0 Å². The van der Waals surface area contributed by atoms with Crippen LogP contribution in [0.5, 0.6) is 0 Å². The Hall–Kier alpha value is -3.07. The van der Waals surface area contributed by atoms with Crippen molar-refractivity contribution in [3.8, 4) is 0 Å². The Labute approximate surface area is 163 Å². The molecule has 1 aliphatic rings. The first-order valence-corrected chi connectivity index (χ1v) is 9.08. The van der Waals surface area contributed by atoms with Gasteiger partial charge in [0, 0.05) is 24.2 Å². The second-order valence-corrected chi connectivity index (χ2v) is 6.85. The molecule has 1 aliphatic carbocycles. The standard InChI is InChI=1S/C19H25N5O4/c1-11-8-12(2)10-13(9-11)21-17(26)7-6-16(25)14-4-3-5-15(14)23-24-19(28)18(27)22-20/h8-10,14H,3-7,20H2,1-2H3,(H,21,26)(H,22,27)(H,24,28)/b23-15+. The molecule has 0 bridgehead atoms. The van der Waals surface area contributed by atoms with Gasteiger partial charge in [0.2, 0.25) is 5.91 Å². The summed E-state index contributed by atoms with van der Waals surface area (Å²) in [6.45, 7) is 3.90. The molecule has 3 amide bonds. The zero-order valence-electron chi connectivity index (χ0n) is 16.0. The van der Waals surface area contributed by atoms with Crippen molar-refractivity contribution in [1.29, 1.82) is 0 Å². The number of nitrogens with one attached hydrogen (secondary N) is 3. The van der Waals surface area contributed by atoms with Crippen LogP contribution in [0.4, 0.5) is 5.69 Å². The Morgan fingerprint density at radius 2 is 1.75 bits per heavy atom. The summed E-state index contributed by atoms with van der Waals surface area (Å²) in [5.41, 5.74) is 7.10.